The summed E-state index contributed by atoms with van der Waals surface area (Å²) in [5, 5.41) is 0. The Bertz CT molecular complexity index is 737. The lowest BCUT2D eigenvalue weighted by Crippen LogP contribution is -2.23. The molecule has 0 spiro atoms. The van der Waals surface area contributed by atoms with E-state index in [1.54, 1.807) is 25.1 Å². The van der Waals surface area contributed by atoms with Gasteiger partial charge in [-0.1, -0.05) is 0 Å². The van der Waals surface area contributed by atoms with E-state index >= 15 is 0 Å². The Hall–Kier alpha value is -1.86. The molecular weight excluding hydrogens is 280 g/mol. The molecule has 0 fully saturated rings. The molecule has 7 heteroatoms. The molecule has 0 bridgehead atoms. The van der Waals surface area contributed by atoms with Gasteiger partial charge in [-0.3, -0.25) is 0 Å². The van der Waals surface area contributed by atoms with Crippen LogP contribution in [-0.2, 0) is 23.0 Å². The highest BCUT2D eigenvalue weighted by molar-refractivity contribution is 7.89. The van der Waals surface area contributed by atoms with E-state index in [1.807, 2.05) is 0 Å². The average Bonchev–Trinajstić information content (AvgIpc) is 3.04. The van der Waals surface area contributed by atoms with Gasteiger partial charge in [-0.25, -0.2) is 18.1 Å². The van der Waals surface area contributed by atoms with Gasteiger partial charge in [0.2, 0.25) is 10.0 Å². The van der Waals surface area contributed by atoms with Gasteiger partial charge in [0.15, 0.2) is 6.39 Å². The number of nitrogens with one attached hydrogen (secondary N) is 1. The zero-order chi connectivity index (χ0) is 14.2. The van der Waals surface area contributed by atoms with Crippen LogP contribution < -0.4 is 9.46 Å². The van der Waals surface area contributed by atoms with E-state index < -0.39 is 10.0 Å². The number of benzene rings is 1. The number of oxazole rings is 1. The number of aromatic nitrogens is 1. The van der Waals surface area contributed by atoms with Crippen LogP contribution in [-0.4, -0.2) is 20.0 Å². The maximum absolute atomic E-state index is 12.2. The Balaban J connectivity index is 1.80. The van der Waals surface area contributed by atoms with Crippen molar-refractivity contribution in [2.24, 2.45) is 0 Å². The van der Waals surface area contributed by atoms with E-state index in [2.05, 4.69) is 9.71 Å². The van der Waals surface area contributed by atoms with E-state index in [-0.39, 0.29) is 11.4 Å². The molecule has 1 aliphatic rings. The molecule has 0 radical (unpaired) electrons. The van der Waals surface area contributed by atoms with Crippen molar-refractivity contribution in [3.05, 3.63) is 41.6 Å². The zero-order valence-electron chi connectivity index (χ0n) is 10.9. The first-order valence-corrected chi connectivity index (χ1v) is 7.69. The monoisotopic (exact) mass is 294 g/mol. The fraction of sp³-hybridized carbons (Fsp3) is 0.308. The first kappa shape index (κ1) is 13.1. The van der Waals surface area contributed by atoms with Crippen molar-refractivity contribution in [1.29, 1.82) is 0 Å². The van der Waals surface area contributed by atoms with E-state index in [4.69, 9.17) is 9.15 Å². The lowest BCUT2D eigenvalue weighted by Gasteiger charge is -2.07. The van der Waals surface area contributed by atoms with Crippen molar-refractivity contribution in [2.75, 3.05) is 6.61 Å². The summed E-state index contributed by atoms with van der Waals surface area (Å²) in [5.74, 6) is 1.27. The second-order valence-corrected chi connectivity index (χ2v) is 6.32. The lowest BCUT2D eigenvalue weighted by molar-refractivity contribution is 0.356. The molecular formula is C13H14N2O4S. The van der Waals surface area contributed by atoms with Crippen LogP contribution in [0.1, 0.15) is 17.0 Å². The average molecular weight is 294 g/mol. The van der Waals surface area contributed by atoms with Crippen LogP contribution in [0.25, 0.3) is 0 Å². The molecule has 1 aromatic carbocycles. The Morgan fingerprint density at radius 3 is 3.00 bits per heavy atom. The minimum Gasteiger partial charge on any atom is -0.493 e. The molecule has 0 atom stereocenters. The zero-order valence-corrected chi connectivity index (χ0v) is 11.7. The molecule has 20 heavy (non-hydrogen) atoms. The van der Waals surface area contributed by atoms with Crippen molar-refractivity contribution in [3.63, 3.8) is 0 Å². The van der Waals surface area contributed by atoms with Gasteiger partial charge in [-0.15, -0.1) is 0 Å². The van der Waals surface area contributed by atoms with Gasteiger partial charge in [0.25, 0.3) is 0 Å². The Kier molecular flexibility index (Phi) is 3.23. The molecule has 0 unspecified atom stereocenters. The summed E-state index contributed by atoms with van der Waals surface area (Å²) in [6, 6.07) is 4.88. The van der Waals surface area contributed by atoms with Gasteiger partial charge in [0.05, 0.1) is 23.7 Å². The van der Waals surface area contributed by atoms with Gasteiger partial charge in [-0.2, -0.15) is 0 Å². The smallest absolute Gasteiger partial charge is 0.240 e. The van der Waals surface area contributed by atoms with E-state index in [0.29, 0.717) is 18.1 Å². The van der Waals surface area contributed by atoms with Crippen LogP contribution in [0.3, 0.4) is 0 Å². The fourth-order valence-electron chi connectivity index (χ4n) is 2.07. The summed E-state index contributed by atoms with van der Waals surface area (Å²) >= 11 is 0. The van der Waals surface area contributed by atoms with E-state index in [1.165, 1.54) is 6.39 Å². The molecule has 1 aromatic heterocycles. The Labute approximate surface area is 116 Å². The lowest BCUT2D eigenvalue weighted by atomic mass is 10.2. The van der Waals surface area contributed by atoms with Gasteiger partial charge in [0.1, 0.15) is 11.5 Å². The summed E-state index contributed by atoms with van der Waals surface area (Å²) in [4.78, 5) is 4.15. The minimum atomic E-state index is -3.57. The third-order valence-corrected chi connectivity index (χ3v) is 4.64. The molecule has 1 aliphatic heterocycles. The first-order chi connectivity index (χ1) is 9.56. The highest BCUT2D eigenvalue weighted by Gasteiger charge is 2.19. The van der Waals surface area contributed by atoms with Gasteiger partial charge in [0, 0.05) is 6.42 Å². The van der Waals surface area contributed by atoms with Crippen molar-refractivity contribution < 1.29 is 17.6 Å². The standard InChI is InChI=1S/C13H14N2O4S/c1-9-13(19-8-14-9)7-15-20(16,17)11-2-3-12-10(6-11)4-5-18-12/h2-3,6,8,15H,4-5,7H2,1H3. The summed E-state index contributed by atoms with van der Waals surface area (Å²) in [6.07, 6.45) is 2.03. The topological polar surface area (TPSA) is 81.4 Å². The number of nitrogens with zero attached hydrogens (tertiary/aromatic N) is 1. The summed E-state index contributed by atoms with van der Waals surface area (Å²) in [7, 11) is -3.57. The van der Waals surface area contributed by atoms with Crippen molar-refractivity contribution in [2.45, 2.75) is 24.8 Å². The Morgan fingerprint density at radius 2 is 2.25 bits per heavy atom. The van der Waals surface area contributed by atoms with Gasteiger partial charge < -0.3 is 9.15 Å². The summed E-state index contributed by atoms with van der Waals surface area (Å²) in [5.41, 5.74) is 1.60. The van der Waals surface area contributed by atoms with Gasteiger partial charge in [-0.05, 0) is 30.7 Å². The second-order valence-electron chi connectivity index (χ2n) is 4.55. The summed E-state index contributed by atoms with van der Waals surface area (Å²) in [6.45, 7) is 2.45. The SMILES string of the molecule is Cc1ncoc1CNS(=O)(=O)c1ccc2c(c1)CCO2. The summed E-state index contributed by atoms with van der Waals surface area (Å²) < 4.78 is 37.4. The first-order valence-electron chi connectivity index (χ1n) is 6.20. The van der Waals surface area contributed by atoms with Crippen molar-refractivity contribution >= 4 is 10.0 Å². The van der Waals surface area contributed by atoms with E-state index in [0.717, 1.165) is 17.7 Å². The van der Waals surface area contributed by atoms with Crippen LogP contribution in [0.2, 0.25) is 0 Å². The molecule has 2 aromatic rings. The third kappa shape index (κ3) is 2.41. The maximum Gasteiger partial charge on any atom is 0.240 e. The molecule has 0 amide bonds. The number of rotatable bonds is 4. The minimum absolute atomic E-state index is 0.0851. The highest BCUT2D eigenvalue weighted by Crippen LogP contribution is 2.27. The van der Waals surface area contributed by atoms with Crippen LogP contribution in [0, 0.1) is 6.92 Å². The van der Waals surface area contributed by atoms with Crippen LogP contribution >= 0.6 is 0 Å². The van der Waals surface area contributed by atoms with Crippen LogP contribution in [0.15, 0.2) is 33.9 Å². The number of ether oxygens (including phenoxy) is 1. The number of hydrogen-bond acceptors (Lipinski definition) is 5. The van der Waals surface area contributed by atoms with Gasteiger partial charge >= 0.3 is 0 Å². The molecule has 6 nitrogen and oxygen atoms in total. The molecule has 1 N–H and O–H groups in total. The molecule has 2 heterocycles. The van der Waals surface area contributed by atoms with Crippen molar-refractivity contribution in [3.8, 4) is 5.75 Å². The number of aryl methyl sites for hydroxylation is 1. The molecule has 0 saturated carbocycles. The molecule has 0 aliphatic carbocycles. The number of sulfonamides is 1. The Morgan fingerprint density at radius 1 is 1.40 bits per heavy atom. The number of hydrogen-bond donors (Lipinski definition) is 1. The normalized spacial score (nSPS) is 14.1. The van der Waals surface area contributed by atoms with Crippen LogP contribution in [0.4, 0.5) is 0 Å². The fourth-order valence-corrected chi connectivity index (χ4v) is 3.10. The largest absolute Gasteiger partial charge is 0.493 e. The third-order valence-electron chi connectivity index (χ3n) is 3.24. The maximum atomic E-state index is 12.2. The van der Waals surface area contributed by atoms with E-state index in [9.17, 15) is 8.42 Å². The highest BCUT2D eigenvalue weighted by atomic mass is 32.2. The number of fused-ring (bicyclic) bond motifs is 1. The second kappa shape index (κ2) is 4.92. The van der Waals surface area contributed by atoms with Crippen molar-refractivity contribution in [1.82, 2.24) is 9.71 Å². The van der Waals surface area contributed by atoms with Crippen LogP contribution in [0.5, 0.6) is 5.75 Å². The molecule has 3 rings (SSSR count). The predicted octanol–water partition coefficient (Wildman–Crippen LogP) is 1.40. The predicted molar refractivity (Wildman–Crippen MR) is 70.9 cm³/mol. The molecule has 0 saturated heterocycles. The quantitative estimate of drug-likeness (QED) is 0.921. The molecule has 106 valence electrons.